The Morgan fingerprint density at radius 1 is 0.900 bits per heavy atom. The number of methoxy groups -OCH3 is 1. The lowest BCUT2D eigenvalue weighted by atomic mass is 10.0. The number of allylic oxidation sites excluding steroid dienone is 2. The fourth-order valence-electron chi connectivity index (χ4n) is 6.33. The number of carbonyl (C=O) groups excluding carboxylic acids is 3. The number of benzene rings is 1. The van der Waals surface area contributed by atoms with Gasteiger partial charge in [-0.05, 0) is 106 Å². The van der Waals surface area contributed by atoms with Gasteiger partial charge in [0.25, 0.3) is 11.8 Å². The van der Waals surface area contributed by atoms with E-state index in [1.807, 2.05) is 63.3 Å². The number of hydrogen-bond acceptors (Lipinski definition) is 5. The first-order chi connectivity index (χ1) is 23.9. The summed E-state index contributed by atoms with van der Waals surface area (Å²) in [4.78, 5) is 50.1. The van der Waals surface area contributed by atoms with Crippen molar-refractivity contribution in [1.82, 2.24) is 15.3 Å². The van der Waals surface area contributed by atoms with Gasteiger partial charge in [-0.1, -0.05) is 43.7 Å². The third kappa shape index (κ3) is 7.40. The van der Waals surface area contributed by atoms with Crippen LogP contribution < -0.4 is 16.0 Å². The molecule has 1 aromatic carbocycles. The molecule has 2 amide bonds. The van der Waals surface area contributed by atoms with Crippen molar-refractivity contribution in [2.24, 2.45) is 4.99 Å². The van der Waals surface area contributed by atoms with Crippen LogP contribution in [-0.2, 0) is 42.8 Å². The summed E-state index contributed by atoms with van der Waals surface area (Å²) in [7, 11) is 0.124. The molecule has 0 aliphatic carbocycles. The third-order valence-electron chi connectivity index (χ3n) is 9.43. The molecule has 0 spiro atoms. The maximum absolute atomic E-state index is 13.0. The summed E-state index contributed by atoms with van der Waals surface area (Å²) in [6, 6.07) is 7.58. The molecule has 4 heterocycles. The molecule has 2 aliphatic rings. The number of amides is 2. The molecule has 0 saturated heterocycles. The van der Waals surface area contributed by atoms with Gasteiger partial charge < -0.3 is 20.0 Å². The molecule has 2 aliphatic heterocycles. The maximum atomic E-state index is 13.0. The van der Waals surface area contributed by atoms with E-state index in [1.54, 1.807) is 13.0 Å². The predicted molar refractivity (Wildman–Crippen MR) is 199 cm³/mol. The van der Waals surface area contributed by atoms with Crippen molar-refractivity contribution in [1.29, 1.82) is 0 Å². The van der Waals surface area contributed by atoms with Crippen molar-refractivity contribution < 1.29 is 23.3 Å². The van der Waals surface area contributed by atoms with Gasteiger partial charge in [-0.25, -0.2) is 4.99 Å². The van der Waals surface area contributed by atoms with E-state index in [2.05, 4.69) is 40.7 Å². The summed E-state index contributed by atoms with van der Waals surface area (Å²) in [5, 5.41) is 4.39. The molecule has 3 N–H and O–H groups in total. The molecule has 0 saturated carbocycles. The number of H-pyrrole nitrogens is 2. The highest BCUT2D eigenvalue weighted by Gasteiger charge is 2.25. The number of rotatable bonds is 12. The number of aromatic amines is 2. The first-order valence-electron chi connectivity index (χ1n) is 16.7. The second-order valence-electron chi connectivity index (χ2n) is 12.7. The molecule has 2 aromatic heterocycles. The van der Waals surface area contributed by atoms with Crippen molar-refractivity contribution >= 4 is 52.5 Å². The van der Waals surface area contributed by atoms with Crippen LogP contribution in [0.2, 0.25) is 0 Å². The Labute approximate surface area is 295 Å². The number of hydrogen-bond donors (Lipinski definition) is 3. The minimum atomic E-state index is -1.24. The Balaban J connectivity index is 1.54. The third-order valence-corrected chi connectivity index (χ3v) is 10.8. The lowest BCUT2D eigenvalue weighted by Crippen LogP contribution is -2.16. The minimum Gasteiger partial charge on any atom is -0.469 e. The fraction of sp³-hybridized carbons (Fsp3) is 0.300. The largest absolute Gasteiger partial charge is 0.469 e. The van der Waals surface area contributed by atoms with Crippen LogP contribution in [0, 0.1) is 20.8 Å². The van der Waals surface area contributed by atoms with Gasteiger partial charge in [0.15, 0.2) is 0 Å². The second-order valence-corrected chi connectivity index (χ2v) is 14.2. The summed E-state index contributed by atoms with van der Waals surface area (Å²) < 4.78 is 18.0. The summed E-state index contributed by atoms with van der Waals surface area (Å²) >= 11 is 0. The second kappa shape index (κ2) is 15.2. The molecular formula is C40H44N4O5S. The molecule has 0 bridgehead atoms. The topological polar surface area (TPSA) is 133 Å². The maximum Gasteiger partial charge on any atom is 0.310 e. The molecule has 0 radical (unpaired) electrons. The zero-order valence-corrected chi connectivity index (χ0v) is 30.6. The Bertz CT molecular complexity index is 2190. The Hall–Kier alpha value is -5.09. The molecule has 9 nitrogen and oxygen atoms in total. The van der Waals surface area contributed by atoms with Gasteiger partial charge in [0.05, 0.1) is 35.7 Å². The summed E-state index contributed by atoms with van der Waals surface area (Å²) in [5.41, 5.74) is 10.6. The minimum absolute atomic E-state index is 0.0489. The van der Waals surface area contributed by atoms with Crippen LogP contribution in [0.4, 0.5) is 0 Å². The molecule has 3 aromatic rings. The Morgan fingerprint density at radius 3 is 2.28 bits per heavy atom. The van der Waals surface area contributed by atoms with Crippen LogP contribution in [0.3, 0.4) is 0 Å². The first kappa shape index (κ1) is 36.2. The molecule has 50 heavy (non-hydrogen) atoms. The quantitative estimate of drug-likeness (QED) is 0.230. The normalized spacial score (nSPS) is 16.9. The number of carbonyl (C=O) groups is 3. The number of aryl methyl sites for hydroxylation is 1. The first-order valence-corrected chi connectivity index (χ1v) is 18.0. The van der Waals surface area contributed by atoms with Gasteiger partial charge in [0.1, 0.15) is 0 Å². The smallest absolute Gasteiger partial charge is 0.310 e. The number of nitrogens with zero attached hydrogens (tertiary/aromatic N) is 1. The van der Waals surface area contributed by atoms with E-state index in [0.717, 1.165) is 78.8 Å². The highest BCUT2D eigenvalue weighted by Crippen LogP contribution is 2.28. The average molecular weight is 693 g/mol. The number of nitrogens with one attached hydrogen (secondary N) is 3. The molecule has 5 rings (SSSR count). The van der Waals surface area contributed by atoms with E-state index in [1.165, 1.54) is 7.11 Å². The van der Waals surface area contributed by atoms with Gasteiger partial charge in [-0.3, -0.25) is 18.6 Å². The molecular weight excluding hydrogens is 649 g/mol. The Kier molecular flexibility index (Phi) is 11.0. The highest BCUT2D eigenvalue weighted by molar-refractivity contribution is 7.85. The molecule has 0 fully saturated rings. The molecule has 10 heteroatoms. The molecule has 260 valence electrons. The molecule has 1 atom stereocenters. The van der Waals surface area contributed by atoms with E-state index in [0.29, 0.717) is 34.7 Å². The number of ether oxygens (including phenoxy) is 1. The van der Waals surface area contributed by atoms with Crippen molar-refractivity contribution in [3.63, 3.8) is 0 Å². The summed E-state index contributed by atoms with van der Waals surface area (Å²) in [6.45, 7) is 15.6. The van der Waals surface area contributed by atoms with Crippen LogP contribution in [0.25, 0.3) is 18.2 Å². The van der Waals surface area contributed by atoms with Crippen molar-refractivity contribution in [2.75, 3.05) is 12.9 Å². The van der Waals surface area contributed by atoms with Crippen molar-refractivity contribution in [3.05, 3.63) is 115 Å². The van der Waals surface area contributed by atoms with Crippen LogP contribution >= 0.6 is 0 Å². The zero-order chi connectivity index (χ0) is 36.3. The van der Waals surface area contributed by atoms with Gasteiger partial charge >= 0.3 is 5.97 Å². The van der Waals surface area contributed by atoms with Gasteiger partial charge in [0, 0.05) is 49.5 Å². The van der Waals surface area contributed by atoms with E-state index in [9.17, 15) is 18.6 Å². The van der Waals surface area contributed by atoms with Gasteiger partial charge in [-0.15, -0.1) is 0 Å². The van der Waals surface area contributed by atoms with Crippen LogP contribution in [-0.4, -0.2) is 50.5 Å². The summed E-state index contributed by atoms with van der Waals surface area (Å²) in [5.74, 6) is -0.521. The van der Waals surface area contributed by atoms with Crippen LogP contribution in [0.15, 0.2) is 74.8 Å². The lowest BCUT2D eigenvalue weighted by molar-refractivity contribution is -0.139. The number of esters is 1. The molecule has 1 unspecified atom stereocenters. The van der Waals surface area contributed by atoms with E-state index < -0.39 is 10.8 Å². The highest BCUT2D eigenvalue weighted by atomic mass is 32.2. The van der Waals surface area contributed by atoms with Crippen LogP contribution in [0.1, 0.15) is 72.8 Å². The lowest BCUT2D eigenvalue weighted by Gasteiger charge is -2.04. The fourth-order valence-corrected chi connectivity index (χ4v) is 7.40. The SMILES string of the molecule is C=CC1=C(C)C(=O)N/C1=C\c1[nH]c(C=c2[nH]c(=CC3=NC(=O)C(CCS(=O)c4ccc(C)cc4)=C3C)c(C)c2CC(=O)OC)c(CCC)c1C. The van der Waals surface area contributed by atoms with E-state index in [-0.39, 0.29) is 24.2 Å². The van der Waals surface area contributed by atoms with Crippen LogP contribution in [0.5, 0.6) is 0 Å². The van der Waals surface area contributed by atoms with Crippen molar-refractivity contribution in [2.45, 2.75) is 72.1 Å². The van der Waals surface area contributed by atoms with Crippen molar-refractivity contribution in [3.8, 4) is 0 Å². The zero-order valence-electron chi connectivity index (χ0n) is 29.8. The number of aromatic nitrogens is 2. The van der Waals surface area contributed by atoms with Gasteiger partial charge in [0.2, 0.25) is 0 Å². The number of aliphatic imine (C=N–C) groups is 1. The average Bonchev–Trinajstić information content (AvgIpc) is 3.73. The predicted octanol–water partition coefficient (Wildman–Crippen LogP) is 5.01. The van der Waals surface area contributed by atoms with E-state index >= 15 is 0 Å². The Morgan fingerprint density at radius 2 is 1.62 bits per heavy atom. The summed E-state index contributed by atoms with van der Waals surface area (Å²) in [6.07, 6.45) is 9.59. The van der Waals surface area contributed by atoms with E-state index in [4.69, 9.17) is 4.74 Å². The van der Waals surface area contributed by atoms with Gasteiger partial charge in [-0.2, -0.15) is 0 Å². The standard InChI is InChI=1S/C40H44N4O5S/c1-9-11-29-23(4)33(20-35-28(10-2)26(7)39(46)44-35)41-36(29)21-37-31(18-38(45)49-8)25(6)32(42-37)19-34-24(5)30(40(47)43-34)16-17-50(48)27-14-12-22(3)13-15-27/h10,12-15,19-21,41-42H,2,9,11,16-18H2,1,3-8H3,(H,44,46)/b32-19?,35-20-,37-21?. The monoisotopic (exact) mass is 692 g/mol.